The molecular weight excluding hydrogens is 615 g/mol. The minimum Gasteiger partial charge on any atom is -0.309 e. The molecule has 0 spiro atoms. The number of benzene rings is 7. The molecule has 4 heteroatoms. The first-order chi connectivity index (χ1) is 24.3. The van der Waals surface area contributed by atoms with Crippen molar-refractivity contribution in [3.05, 3.63) is 164 Å². The van der Waals surface area contributed by atoms with Crippen molar-refractivity contribution in [1.82, 2.24) is 14.1 Å². The fourth-order valence-corrected chi connectivity index (χ4v) is 9.13. The van der Waals surface area contributed by atoms with Gasteiger partial charge in [0.2, 0.25) is 0 Å². The maximum absolute atomic E-state index is 5.24. The van der Waals surface area contributed by atoms with Crippen LogP contribution in [-0.2, 0) is 0 Å². The van der Waals surface area contributed by atoms with Crippen LogP contribution in [-0.4, -0.2) is 14.1 Å². The van der Waals surface area contributed by atoms with Gasteiger partial charge in [-0.3, -0.25) is 0 Å². The zero-order chi connectivity index (χ0) is 32.1. The topological polar surface area (TPSA) is 22.8 Å². The molecule has 0 radical (unpaired) electrons. The van der Waals surface area contributed by atoms with Gasteiger partial charge in [0.15, 0.2) is 0 Å². The summed E-state index contributed by atoms with van der Waals surface area (Å²) in [5.41, 5.74) is 11.6. The molecule has 0 aliphatic rings. The molecule has 4 heterocycles. The van der Waals surface area contributed by atoms with E-state index < -0.39 is 0 Å². The molecule has 3 nitrogen and oxygen atoms in total. The predicted octanol–water partition coefficient (Wildman–Crippen LogP) is 12.5. The fraction of sp³-hybridized carbons (Fsp3) is 0. The van der Waals surface area contributed by atoms with E-state index in [0.29, 0.717) is 0 Å². The second-order valence-electron chi connectivity index (χ2n) is 12.8. The van der Waals surface area contributed by atoms with Crippen LogP contribution in [0, 0.1) is 0 Å². The highest BCUT2D eigenvalue weighted by atomic mass is 32.1. The van der Waals surface area contributed by atoms with Gasteiger partial charge >= 0.3 is 0 Å². The van der Waals surface area contributed by atoms with E-state index in [1.165, 1.54) is 80.9 Å². The Labute approximate surface area is 285 Å². The average Bonchev–Trinajstić information content (AvgIpc) is 3.81. The molecular formula is C45H27N3S. The highest BCUT2D eigenvalue weighted by Gasteiger charge is 2.21. The molecule has 11 rings (SSSR count). The molecule has 7 aromatic carbocycles. The summed E-state index contributed by atoms with van der Waals surface area (Å²) in [6, 6.07) is 59.4. The lowest BCUT2D eigenvalue weighted by molar-refractivity contribution is 1.18. The van der Waals surface area contributed by atoms with Crippen molar-refractivity contribution in [3.63, 3.8) is 0 Å². The molecule has 0 saturated heterocycles. The van der Waals surface area contributed by atoms with Gasteiger partial charge in [0, 0.05) is 42.7 Å². The average molecular weight is 642 g/mol. The molecule has 0 aliphatic heterocycles. The first kappa shape index (κ1) is 26.8. The third-order valence-electron chi connectivity index (χ3n) is 10.1. The summed E-state index contributed by atoms with van der Waals surface area (Å²) in [6.45, 7) is 0. The van der Waals surface area contributed by atoms with Gasteiger partial charge in [0.25, 0.3) is 0 Å². The van der Waals surface area contributed by atoms with Crippen molar-refractivity contribution < 1.29 is 0 Å². The van der Waals surface area contributed by atoms with Crippen molar-refractivity contribution in [1.29, 1.82) is 0 Å². The lowest BCUT2D eigenvalue weighted by atomic mass is 10.0. The predicted molar refractivity (Wildman–Crippen MR) is 209 cm³/mol. The highest BCUT2D eigenvalue weighted by Crippen LogP contribution is 2.44. The van der Waals surface area contributed by atoms with Crippen LogP contribution in [0.4, 0.5) is 0 Å². The Morgan fingerprint density at radius 2 is 0.939 bits per heavy atom. The number of nitrogens with zero attached hydrogens (tertiary/aromatic N) is 3. The molecule has 0 N–H and O–H groups in total. The maximum atomic E-state index is 5.24. The molecule has 228 valence electrons. The molecule has 0 atom stereocenters. The zero-order valence-corrected chi connectivity index (χ0v) is 27.2. The van der Waals surface area contributed by atoms with Gasteiger partial charge < -0.3 is 9.13 Å². The van der Waals surface area contributed by atoms with Crippen molar-refractivity contribution in [2.45, 2.75) is 0 Å². The van der Waals surface area contributed by atoms with Gasteiger partial charge in [-0.15, -0.1) is 11.3 Å². The van der Waals surface area contributed by atoms with E-state index in [1.807, 2.05) is 11.3 Å². The fourth-order valence-electron chi connectivity index (χ4n) is 7.94. The first-order valence-electron chi connectivity index (χ1n) is 16.6. The van der Waals surface area contributed by atoms with Crippen molar-refractivity contribution in [2.24, 2.45) is 0 Å². The van der Waals surface area contributed by atoms with Crippen LogP contribution in [0.15, 0.2) is 164 Å². The normalized spacial score (nSPS) is 12.1. The van der Waals surface area contributed by atoms with Gasteiger partial charge in [-0.05, 0) is 59.7 Å². The molecule has 0 bridgehead atoms. The largest absolute Gasteiger partial charge is 0.309 e. The molecule has 4 aromatic heterocycles. The maximum Gasteiger partial charge on any atom is 0.0917 e. The van der Waals surface area contributed by atoms with Gasteiger partial charge in [-0.1, -0.05) is 115 Å². The molecule has 0 amide bonds. The van der Waals surface area contributed by atoms with Crippen LogP contribution < -0.4 is 0 Å². The number of hydrogen-bond donors (Lipinski definition) is 0. The first-order valence-corrected chi connectivity index (χ1v) is 17.5. The molecule has 0 unspecified atom stereocenters. The van der Waals surface area contributed by atoms with Crippen molar-refractivity contribution in [3.8, 4) is 22.5 Å². The minimum absolute atomic E-state index is 1.01. The van der Waals surface area contributed by atoms with Crippen LogP contribution >= 0.6 is 11.3 Å². The van der Waals surface area contributed by atoms with Crippen LogP contribution in [0.5, 0.6) is 0 Å². The van der Waals surface area contributed by atoms with Gasteiger partial charge in [-0.25, -0.2) is 4.98 Å². The van der Waals surface area contributed by atoms with Crippen molar-refractivity contribution >= 4 is 86.2 Å². The SMILES string of the molecule is c1ccc(-n2c3ccccc3c3ccc(-c4ccc5c6ccccc6n(-c6c7ccccc7nc7c6sc6ccccc67)c5c4)cc32)cc1. The van der Waals surface area contributed by atoms with E-state index in [1.54, 1.807) is 0 Å². The van der Waals surface area contributed by atoms with Crippen LogP contribution in [0.1, 0.15) is 0 Å². The number of rotatable bonds is 3. The number of para-hydroxylation sites is 4. The summed E-state index contributed by atoms with van der Waals surface area (Å²) in [4.78, 5) is 5.24. The van der Waals surface area contributed by atoms with E-state index >= 15 is 0 Å². The molecule has 11 aromatic rings. The number of aromatic nitrogens is 3. The minimum atomic E-state index is 1.01. The lowest BCUT2D eigenvalue weighted by Gasteiger charge is -2.14. The molecule has 0 fully saturated rings. The smallest absolute Gasteiger partial charge is 0.0917 e. The Kier molecular flexibility index (Phi) is 5.54. The quantitative estimate of drug-likeness (QED) is 0.188. The van der Waals surface area contributed by atoms with Crippen LogP contribution in [0.2, 0.25) is 0 Å². The Morgan fingerprint density at radius 3 is 1.65 bits per heavy atom. The Morgan fingerprint density at radius 1 is 0.408 bits per heavy atom. The van der Waals surface area contributed by atoms with Crippen LogP contribution in [0.25, 0.3) is 97.3 Å². The third-order valence-corrected chi connectivity index (χ3v) is 11.3. The highest BCUT2D eigenvalue weighted by molar-refractivity contribution is 7.26. The summed E-state index contributed by atoms with van der Waals surface area (Å²) in [5.74, 6) is 0. The number of hydrogen-bond acceptors (Lipinski definition) is 2. The lowest BCUT2D eigenvalue weighted by Crippen LogP contribution is -1.97. The molecule has 0 aliphatic carbocycles. The van der Waals surface area contributed by atoms with E-state index in [0.717, 1.165) is 16.4 Å². The second kappa shape index (κ2) is 10.1. The van der Waals surface area contributed by atoms with E-state index in [4.69, 9.17) is 4.98 Å². The number of pyridine rings is 1. The number of thiophene rings is 1. The van der Waals surface area contributed by atoms with E-state index in [9.17, 15) is 0 Å². The van der Waals surface area contributed by atoms with E-state index in [-0.39, 0.29) is 0 Å². The monoisotopic (exact) mass is 641 g/mol. The number of fused-ring (bicyclic) bond motifs is 10. The van der Waals surface area contributed by atoms with Gasteiger partial charge in [0.05, 0.1) is 43.5 Å². The third kappa shape index (κ3) is 3.80. The summed E-state index contributed by atoms with van der Waals surface area (Å²) in [5, 5.41) is 7.38. The Hall–Kier alpha value is -6.23. The summed E-state index contributed by atoms with van der Waals surface area (Å²) < 4.78 is 7.35. The van der Waals surface area contributed by atoms with Gasteiger partial charge in [0.1, 0.15) is 0 Å². The van der Waals surface area contributed by atoms with E-state index in [2.05, 4.69) is 173 Å². The van der Waals surface area contributed by atoms with Crippen LogP contribution in [0.3, 0.4) is 0 Å². The van der Waals surface area contributed by atoms with Crippen molar-refractivity contribution in [2.75, 3.05) is 0 Å². The van der Waals surface area contributed by atoms with Gasteiger partial charge in [-0.2, -0.15) is 0 Å². The Bertz CT molecular complexity index is 3110. The Balaban J connectivity index is 1.23. The summed E-state index contributed by atoms with van der Waals surface area (Å²) in [7, 11) is 0. The molecule has 49 heavy (non-hydrogen) atoms. The zero-order valence-electron chi connectivity index (χ0n) is 26.3. The summed E-state index contributed by atoms with van der Waals surface area (Å²) >= 11 is 1.84. The molecule has 0 saturated carbocycles. The second-order valence-corrected chi connectivity index (χ2v) is 13.8. The summed E-state index contributed by atoms with van der Waals surface area (Å²) in [6.07, 6.45) is 0. The standard InChI is InChI=1S/C45H27N3S/c1-2-12-30(13-3-1)47-38-19-9-5-14-31(38)33-24-22-28(26-40(33)47)29-23-25-34-32-15-6-10-20-39(32)48(41(34)27-29)44-35-16-4-8-18-37(35)46-43-36-17-7-11-21-42(36)49-45(43)44/h1-27H.